The number of amides is 1. The van der Waals surface area contributed by atoms with E-state index in [2.05, 4.69) is 60.3 Å². The van der Waals surface area contributed by atoms with Crippen molar-refractivity contribution in [2.24, 2.45) is 11.8 Å². The summed E-state index contributed by atoms with van der Waals surface area (Å²) in [6, 6.07) is 10.5. The van der Waals surface area contributed by atoms with Gasteiger partial charge in [-0.25, -0.2) is 4.52 Å². The second kappa shape index (κ2) is 9.76. The predicted octanol–water partition coefficient (Wildman–Crippen LogP) is 6.15. The lowest BCUT2D eigenvalue weighted by atomic mass is 9.89. The molecule has 3 heterocycles. The molecule has 1 saturated carbocycles. The highest BCUT2D eigenvalue weighted by Gasteiger charge is 2.34. The summed E-state index contributed by atoms with van der Waals surface area (Å²) >= 11 is 1.64. The van der Waals surface area contributed by atoms with Gasteiger partial charge < -0.3 is 15.0 Å². The number of methoxy groups -OCH3 is 1. The van der Waals surface area contributed by atoms with Gasteiger partial charge in [0.25, 0.3) is 0 Å². The molecule has 2 atom stereocenters. The number of aryl methyl sites for hydroxylation is 2. The number of pyridine rings is 1. The summed E-state index contributed by atoms with van der Waals surface area (Å²) in [6.07, 6.45) is 8.23. The molecule has 2 aromatic heterocycles. The van der Waals surface area contributed by atoms with Crippen LogP contribution in [0, 0.1) is 25.7 Å². The number of hydrogen-bond donors (Lipinski definition) is 1. The maximum absolute atomic E-state index is 12.5. The van der Waals surface area contributed by atoms with E-state index in [-0.39, 0.29) is 12.1 Å². The van der Waals surface area contributed by atoms with Gasteiger partial charge in [0.2, 0.25) is 5.91 Å². The first-order valence-electron chi connectivity index (χ1n) is 12.6. The first-order chi connectivity index (χ1) is 16.9. The van der Waals surface area contributed by atoms with Gasteiger partial charge in [-0.2, -0.15) is 5.10 Å². The van der Waals surface area contributed by atoms with Crippen LogP contribution < -0.4 is 10.1 Å². The van der Waals surface area contributed by atoms with Crippen LogP contribution >= 0.6 is 11.8 Å². The van der Waals surface area contributed by atoms with Gasteiger partial charge in [-0.15, -0.1) is 11.8 Å². The molecule has 3 aromatic rings. The number of carbonyl (C=O) groups excluding carboxylic acids is 1. The standard InChI is InChI=1S/C28H36N4O2S/c1-17-13-22(34-4)14-18(2)26(17)23-7-6-8-24-27(28(35-5)30-32(23)24)29-25-16-21(15-20-9-10-20)11-12-31(25)19(3)33/h6-8,13-14,20-21,25,29H,9-12,15-16H2,1-5H3. The fraction of sp³-hybridized carbons (Fsp3) is 0.500. The highest BCUT2D eigenvalue weighted by molar-refractivity contribution is 7.98. The van der Waals surface area contributed by atoms with E-state index in [1.54, 1.807) is 25.8 Å². The largest absolute Gasteiger partial charge is 0.497 e. The molecule has 7 heteroatoms. The topological polar surface area (TPSA) is 58.9 Å². The molecular weight excluding hydrogens is 456 g/mol. The first-order valence-corrected chi connectivity index (χ1v) is 13.9. The summed E-state index contributed by atoms with van der Waals surface area (Å²) in [7, 11) is 1.70. The van der Waals surface area contributed by atoms with Crippen LogP contribution in [0.25, 0.3) is 16.8 Å². The van der Waals surface area contributed by atoms with Gasteiger partial charge in [0.15, 0.2) is 0 Å². The summed E-state index contributed by atoms with van der Waals surface area (Å²) in [5.41, 5.74) is 6.60. The molecule has 1 amide bonds. The number of nitrogens with zero attached hydrogens (tertiary/aromatic N) is 3. The number of anilines is 1. The smallest absolute Gasteiger partial charge is 0.221 e. The minimum Gasteiger partial charge on any atom is -0.497 e. The molecule has 1 aromatic carbocycles. The van der Waals surface area contributed by atoms with Crippen molar-refractivity contribution in [3.63, 3.8) is 0 Å². The van der Waals surface area contributed by atoms with Crippen LogP contribution in [-0.4, -0.2) is 46.5 Å². The third-order valence-electron chi connectivity index (χ3n) is 7.61. The Morgan fingerprint density at radius 3 is 2.54 bits per heavy atom. The Hall–Kier alpha value is -2.67. The molecule has 0 bridgehead atoms. The Morgan fingerprint density at radius 1 is 1.17 bits per heavy atom. The summed E-state index contributed by atoms with van der Waals surface area (Å²) < 4.78 is 7.53. The number of carbonyl (C=O) groups is 1. The highest BCUT2D eigenvalue weighted by Crippen LogP contribution is 2.41. The number of piperidine rings is 1. The Balaban J connectivity index is 1.54. The van der Waals surface area contributed by atoms with Crippen molar-refractivity contribution in [2.45, 2.75) is 64.1 Å². The van der Waals surface area contributed by atoms with Gasteiger partial charge >= 0.3 is 0 Å². The van der Waals surface area contributed by atoms with E-state index < -0.39 is 0 Å². The lowest BCUT2D eigenvalue weighted by Gasteiger charge is -2.40. The van der Waals surface area contributed by atoms with E-state index >= 15 is 0 Å². The number of rotatable bonds is 7. The zero-order valence-electron chi connectivity index (χ0n) is 21.4. The van der Waals surface area contributed by atoms with Gasteiger partial charge in [0, 0.05) is 19.0 Å². The number of fused-ring (bicyclic) bond motifs is 1. The number of aromatic nitrogens is 2. The van der Waals surface area contributed by atoms with E-state index in [9.17, 15) is 4.79 Å². The van der Waals surface area contributed by atoms with Crippen LogP contribution in [0.2, 0.25) is 0 Å². The van der Waals surface area contributed by atoms with E-state index in [4.69, 9.17) is 9.84 Å². The molecule has 2 fully saturated rings. The van der Waals surface area contributed by atoms with Crippen LogP contribution in [0.15, 0.2) is 35.4 Å². The Kier molecular flexibility index (Phi) is 6.71. The van der Waals surface area contributed by atoms with Gasteiger partial charge in [0.05, 0.1) is 24.0 Å². The number of hydrogen-bond acceptors (Lipinski definition) is 5. The quantitative estimate of drug-likeness (QED) is 0.401. The molecule has 1 aliphatic carbocycles. The molecule has 5 rings (SSSR count). The molecule has 2 unspecified atom stereocenters. The van der Waals surface area contributed by atoms with E-state index in [0.717, 1.165) is 64.1 Å². The number of benzene rings is 1. The molecule has 0 radical (unpaired) electrons. The Bertz CT molecular complexity index is 1230. The zero-order valence-corrected chi connectivity index (χ0v) is 22.2. The van der Waals surface area contributed by atoms with E-state index in [0.29, 0.717) is 5.92 Å². The molecule has 2 aliphatic rings. The van der Waals surface area contributed by atoms with Crippen molar-refractivity contribution >= 4 is 28.9 Å². The fourth-order valence-corrected chi connectivity index (χ4v) is 6.25. The summed E-state index contributed by atoms with van der Waals surface area (Å²) in [5.74, 6) is 2.59. The van der Waals surface area contributed by atoms with E-state index in [1.807, 2.05) is 4.90 Å². The normalized spacial score (nSPS) is 20.3. The Morgan fingerprint density at radius 2 is 1.91 bits per heavy atom. The third kappa shape index (κ3) is 4.75. The number of thioether (sulfide) groups is 1. The summed E-state index contributed by atoms with van der Waals surface area (Å²) in [4.78, 5) is 14.5. The molecule has 1 N–H and O–H groups in total. The van der Waals surface area contributed by atoms with Gasteiger partial charge in [-0.05, 0) is 86.6 Å². The second-order valence-electron chi connectivity index (χ2n) is 10.2. The molecule has 0 spiro atoms. The lowest BCUT2D eigenvalue weighted by molar-refractivity contribution is -0.132. The maximum atomic E-state index is 12.5. The molecule has 1 aliphatic heterocycles. The first kappa shape index (κ1) is 24.0. The SMILES string of the molecule is COc1cc(C)c(-c2cccc3c(NC4CC(CC5CC5)CCN4C(C)=O)c(SC)nn23)c(C)c1. The van der Waals surface area contributed by atoms with Crippen LogP contribution in [0.5, 0.6) is 5.75 Å². The minimum atomic E-state index is -0.00276. The highest BCUT2D eigenvalue weighted by atomic mass is 32.2. The summed E-state index contributed by atoms with van der Waals surface area (Å²) in [5, 5.41) is 9.77. The molecule has 35 heavy (non-hydrogen) atoms. The third-order valence-corrected chi connectivity index (χ3v) is 8.28. The number of likely N-dealkylation sites (tertiary alicyclic amines) is 1. The average molecular weight is 493 g/mol. The number of ether oxygens (including phenoxy) is 1. The van der Waals surface area contributed by atoms with Crippen LogP contribution in [0.3, 0.4) is 0 Å². The van der Waals surface area contributed by atoms with Gasteiger partial charge in [-0.3, -0.25) is 4.79 Å². The number of nitrogens with one attached hydrogen (secondary N) is 1. The van der Waals surface area contributed by atoms with Gasteiger partial charge in [0.1, 0.15) is 16.9 Å². The monoisotopic (exact) mass is 492 g/mol. The lowest BCUT2D eigenvalue weighted by Crippen LogP contribution is -2.49. The fourth-order valence-electron chi connectivity index (χ4n) is 5.72. The molecule has 6 nitrogen and oxygen atoms in total. The van der Waals surface area contributed by atoms with Crippen LogP contribution in [-0.2, 0) is 4.79 Å². The molecule has 1 saturated heterocycles. The van der Waals surface area contributed by atoms with Crippen molar-refractivity contribution in [3.8, 4) is 17.0 Å². The van der Waals surface area contributed by atoms with Gasteiger partial charge in [-0.1, -0.05) is 18.9 Å². The summed E-state index contributed by atoms with van der Waals surface area (Å²) in [6.45, 7) is 6.76. The van der Waals surface area contributed by atoms with E-state index in [1.165, 1.54) is 24.8 Å². The van der Waals surface area contributed by atoms with Crippen molar-refractivity contribution in [1.29, 1.82) is 0 Å². The van der Waals surface area contributed by atoms with Crippen LogP contribution in [0.1, 0.15) is 50.2 Å². The zero-order chi connectivity index (χ0) is 24.7. The average Bonchev–Trinajstić information content (AvgIpc) is 3.58. The second-order valence-corrected chi connectivity index (χ2v) is 11.0. The molecule has 186 valence electrons. The van der Waals surface area contributed by atoms with Crippen LogP contribution in [0.4, 0.5) is 5.69 Å². The minimum absolute atomic E-state index is 0.00276. The van der Waals surface area contributed by atoms with Crippen molar-refractivity contribution in [2.75, 3.05) is 25.2 Å². The Labute approximate surface area is 212 Å². The molecular formula is C28H36N4O2S. The van der Waals surface area contributed by atoms with Crippen molar-refractivity contribution in [1.82, 2.24) is 14.5 Å². The van der Waals surface area contributed by atoms with Crippen molar-refractivity contribution < 1.29 is 9.53 Å². The maximum Gasteiger partial charge on any atom is 0.221 e. The van der Waals surface area contributed by atoms with Crippen molar-refractivity contribution in [3.05, 3.63) is 41.5 Å². The predicted molar refractivity (Wildman–Crippen MR) is 143 cm³/mol.